The molecule has 1 aromatic carbocycles. The predicted molar refractivity (Wildman–Crippen MR) is 117 cm³/mol. The van der Waals surface area contributed by atoms with E-state index in [9.17, 15) is 9.18 Å². The Morgan fingerprint density at radius 1 is 1.22 bits per heavy atom. The number of halogens is 1. The molecule has 2 fully saturated rings. The number of piperidine rings is 1. The van der Waals surface area contributed by atoms with Crippen LogP contribution in [0.1, 0.15) is 61.4 Å². The summed E-state index contributed by atoms with van der Waals surface area (Å²) < 4.78 is 19.5. The second-order valence-corrected chi connectivity index (χ2v) is 9.04. The second-order valence-electron chi connectivity index (χ2n) is 9.04. The molecule has 3 aromatic rings. The van der Waals surface area contributed by atoms with E-state index >= 15 is 0 Å². The summed E-state index contributed by atoms with van der Waals surface area (Å²) in [5.41, 5.74) is 2.70. The molecule has 1 aliphatic heterocycles. The van der Waals surface area contributed by atoms with E-state index in [0.29, 0.717) is 18.8 Å². The Morgan fingerprint density at radius 3 is 2.81 bits per heavy atom. The van der Waals surface area contributed by atoms with Crippen molar-refractivity contribution in [3.8, 4) is 11.3 Å². The number of hydrogen-bond acceptors (Lipinski definition) is 5. The maximum atomic E-state index is 14.0. The zero-order chi connectivity index (χ0) is 22.1. The van der Waals surface area contributed by atoms with Crippen molar-refractivity contribution in [1.82, 2.24) is 20.0 Å². The van der Waals surface area contributed by atoms with Crippen LogP contribution in [0.25, 0.3) is 11.3 Å². The first-order valence-corrected chi connectivity index (χ1v) is 11.4. The molecule has 1 aliphatic carbocycles. The Kier molecular flexibility index (Phi) is 5.49. The molecule has 2 aromatic heterocycles. The standard InChI is InChI=1S/C25H27FN4O2/c1-17-12-22(32-29-17)21-14-27-16-28-23(21)18-6-5-11-30(15-18)24(31)25(9-2-3-10-25)19-7-4-8-20(26)13-19/h4,7-8,12-14,16,18H,2-3,5-6,9-11,15H2,1H3. The lowest BCUT2D eigenvalue weighted by Gasteiger charge is -2.39. The number of carbonyl (C=O) groups excluding carboxylic acids is 1. The number of hydrogen-bond donors (Lipinski definition) is 0. The molecule has 166 valence electrons. The number of aromatic nitrogens is 3. The van der Waals surface area contributed by atoms with Crippen molar-refractivity contribution >= 4 is 5.91 Å². The van der Waals surface area contributed by atoms with Crippen molar-refractivity contribution in [2.45, 2.75) is 56.8 Å². The van der Waals surface area contributed by atoms with Crippen LogP contribution >= 0.6 is 0 Å². The van der Waals surface area contributed by atoms with E-state index in [2.05, 4.69) is 15.1 Å². The van der Waals surface area contributed by atoms with Crippen LogP contribution in [-0.4, -0.2) is 39.0 Å². The number of rotatable bonds is 4. The molecule has 0 N–H and O–H groups in total. The minimum atomic E-state index is -0.624. The summed E-state index contributed by atoms with van der Waals surface area (Å²) in [6, 6.07) is 8.48. The molecule has 32 heavy (non-hydrogen) atoms. The first kappa shape index (κ1) is 20.8. The Balaban J connectivity index is 1.44. The van der Waals surface area contributed by atoms with Gasteiger partial charge in [0.05, 0.1) is 22.4 Å². The highest BCUT2D eigenvalue weighted by Gasteiger charge is 2.46. The molecule has 1 atom stereocenters. The normalized spacial score (nSPS) is 20.4. The van der Waals surface area contributed by atoms with Crippen molar-refractivity contribution in [3.63, 3.8) is 0 Å². The molecule has 0 radical (unpaired) electrons. The summed E-state index contributed by atoms with van der Waals surface area (Å²) in [5.74, 6) is 0.568. The van der Waals surface area contributed by atoms with Crippen LogP contribution in [0.3, 0.4) is 0 Å². The smallest absolute Gasteiger partial charge is 0.233 e. The van der Waals surface area contributed by atoms with Gasteiger partial charge in [-0.3, -0.25) is 4.79 Å². The molecule has 1 saturated heterocycles. The third-order valence-electron chi connectivity index (χ3n) is 6.98. The fourth-order valence-corrected chi connectivity index (χ4v) is 5.42. The average Bonchev–Trinajstić information content (AvgIpc) is 3.49. The van der Waals surface area contributed by atoms with Gasteiger partial charge in [0.25, 0.3) is 0 Å². The van der Waals surface area contributed by atoms with E-state index in [4.69, 9.17) is 4.52 Å². The molecule has 1 saturated carbocycles. The van der Waals surface area contributed by atoms with E-state index in [-0.39, 0.29) is 17.6 Å². The minimum Gasteiger partial charge on any atom is -0.356 e. The Hall–Kier alpha value is -3.09. The number of amides is 1. The van der Waals surface area contributed by atoms with Crippen molar-refractivity contribution in [3.05, 3.63) is 65.6 Å². The summed E-state index contributed by atoms with van der Waals surface area (Å²) in [5, 5.41) is 4.00. The van der Waals surface area contributed by atoms with Crippen LogP contribution in [0.15, 0.2) is 47.4 Å². The summed E-state index contributed by atoms with van der Waals surface area (Å²) in [4.78, 5) is 24.7. The lowest BCUT2D eigenvalue weighted by atomic mass is 9.76. The van der Waals surface area contributed by atoms with Crippen molar-refractivity contribution in [2.24, 2.45) is 0 Å². The highest BCUT2D eigenvalue weighted by atomic mass is 19.1. The fourth-order valence-electron chi connectivity index (χ4n) is 5.42. The summed E-state index contributed by atoms with van der Waals surface area (Å²) in [7, 11) is 0. The molecule has 1 unspecified atom stereocenters. The molecule has 0 bridgehead atoms. The Bertz CT molecular complexity index is 1120. The molecule has 6 nitrogen and oxygen atoms in total. The number of carbonyl (C=O) groups is 1. The van der Waals surface area contributed by atoms with Gasteiger partial charge in [0.2, 0.25) is 5.91 Å². The van der Waals surface area contributed by atoms with Crippen molar-refractivity contribution < 1.29 is 13.7 Å². The lowest BCUT2D eigenvalue weighted by molar-refractivity contribution is -0.138. The third kappa shape index (κ3) is 3.70. The minimum absolute atomic E-state index is 0.0852. The molecule has 2 aliphatic rings. The van der Waals surface area contributed by atoms with Crippen LogP contribution in [-0.2, 0) is 10.2 Å². The van der Waals surface area contributed by atoms with Gasteiger partial charge in [0.1, 0.15) is 12.1 Å². The van der Waals surface area contributed by atoms with Gasteiger partial charge in [-0.25, -0.2) is 14.4 Å². The van der Waals surface area contributed by atoms with Gasteiger partial charge in [-0.2, -0.15) is 0 Å². The maximum Gasteiger partial charge on any atom is 0.233 e. The van der Waals surface area contributed by atoms with Crippen LogP contribution in [0, 0.1) is 12.7 Å². The van der Waals surface area contributed by atoms with E-state index in [1.807, 2.05) is 24.0 Å². The number of nitrogens with zero attached hydrogens (tertiary/aromatic N) is 4. The highest BCUT2D eigenvalue weighted by Crippen LogP contribution is 2.44. The quantitative estimate of drug-likeness (QED) is 0.590. The second kappa shape index (κ2) is 8.45. The monoisotopic (exact) mass is 434 g/mol. The van der Waals surface area contributed by atoms with E-state index in [1.54, 1.807) is 24.7 Å². The van der Waals surface area contributed by atoms with Gasteiger partial charge in [-0.15, -0.1) is 0 Å². The highest BCUT2D eigenvalue weighted by molar-refractivity contribution is 5.89. The zero-order valence-corrected chi connectivity index (χ0v) is 18.3. The molecular formula is C25H27FN4O2. The van der Waals surface area contributed by atoms with Crippen molar-refractivity contribution in [2.75, 3.05) is 13.1 Å². The molecule has 0 spiro atoms. The third-order valence-corrected chi connectivity index (χ3v) is 6.98. The van der Waals surface area contributed by atoms with Gasteiger partial charge >= 0.3 is 0 Å². The SMILES string of the molecule is Cc1cc(-c2cncnc2C2CCCN(C(=O)C3(c4cccc(F)c4)CCCC3)C2)on1. The van der Waals surface area contributed by atoms with E-state index in [0.717, 1.165) is 61.0 Å². The van der Waals surface area contributed by atoms with Gasteiger partial charge in [-0.05, 0) is 50.3 Å². The van der Waals surface area contributed by atoms with Gasteiger partial charge in [-0.1, -0.05) is 30.1 Å². The van der Waals surface area contributed by atoms with Crippen LogP contribution in [0.4, 0.5) is 4.39 Å². The van der Waals surface area contributed by atoms with Crippen LogP contribution in [0.5, 0.6) is 0 Å². The maximum absolute atomic E-state index is 14.0. The summed E-state index contributed by atoms with van der Waals surface area (Å²) in [6.07, 6.45) is 8.66. The lowest BCUT2D eigenvalue weighted by Crippen LogP contribution is -2.49. The van der Waals surface area contributed by atoms with E-state index in [1.165, 1.54) is 6.07 Å². The molecule has 3 heterocycles. The molecule has 5 rings (SSSR count). The number of benzene rings is 1. The number of aryl methyl sites for hydroxylation is 1. The Labute approximate surface area is 186 Å². The van der Waals surface area contributed by atoms with Gasteiger partial charge in [0.15, 0.2) is 5.76 Å². The topological polar surface area (TPSA) is 72.1 Å². The zero-order valence-electron chi connectivity index (χ0n) is 18.3. The summed E-state index contributed by atoms with van der Waals surface area (Å²) in [6.45, 7) is 3.19. The number of likely N-dealkylation sites (tertiary alicyclic amines) is 1. The summed E-state index contributed by atoms with van der Waals surface area (Å²) >= 11 is 0. The molecule has 1 amide bonds. The van der Waals surface area contributed by atoms with Gasteiger partial charge in [0, 0.05) is 31.3 Å². The molecular weight excluding hydrogens is 407 g/mol. The van der Waals surface area contributed by atoms with Gasteiger partial charge < -0.3 is 9.42 Å². The average molecular weight is 435 g/mol. The fraction of sp³-hybridized carbons (Fsp3) is 0.440. The van der Waals surface area contributed by atoms with Crippen molar-refractivity contribution in [1.29, 1.82) is 0 Å². The first-order chi connectivity index (χ1) is 15.6. The molecule has 7 heteroatoms. The Morgan fingerprint density at radius 2 is 2.06 bits per heavy atom. The van der Waals surface area contributed by atoms with Crippen LogP contribution in [0.2, 0.25) is 0 Å². The van der Waals surface area contributed by atoms with E-state index < -0.39 is 5.41 Å². The predicted octanol–water partition coefficient (Wildman–Crippen LogP) is 4.80. The first-order valence-electron chi connectivity index (χ1n) is 11.4. The largest absolute Gasteiger partial charge is 0.356 e. The van der Waals surface area contributed by atoms with Crippen LogP contribution < -0.4 is 0 Å².